The molecule has 114 valence electrons. The highest BCUT2D eigenvalue weighted by atomic mass is 15.0. The Hall–Kier alpha value is -0.120. The lowest BCUT2D eigenvalue weighted by Gasteiger charge is -2.55. The molecule has 20 heavy (non-hydrogen) atoms. The largest absolute Gasteiger partial charge is 0.317 e. The Morgan fingerprint density at radius 2 is 1.35 bits per heavy atom. The smallest absolute Gasteiger partial charge is 0.0205 e. The van der Waals surface area contributed by atoms with Crippen molar-refractivity contribution >= 4 is 0 Å². The summed E-state index contributed by atoms with van der Waals surface area (Å²) in [5, 5.41) is 11.0. The molecule has 0 aromatic carbocycles. The maximum absolute atomic E-state index is 3.97. The van der Waals surface area contributed by atoms with Crippen LogP contribution < -0.4 is 16.0 Å². The van der Waals surface area contributed by atoms with Crippen LogP contribution in [0.3, 0.4) is 0 Å². The van der Waals surface area contributed by atoms with Crippen LogP contribution in [0.5, 0.6) is 0 Å². The first kappa shape index (κ1) is 13.5. The zero-order valence-electron chi connectivity index (χ0n) is 12.8. The van der Waals surface area contributed by atoms with Crippen molar-refractivity contribution in [2.75, 3.05) is 32.7 Å². The van der Waals surface area contributed by atoms with Crippen molar-refractivity contribution in [3.63, 3.8) is 0 Å². The van der Waals surface area contributed by atoms with Gasteiger partial charge < -0.3 is 16.0 Å². The predicted octanol–water partition coefficient (Wildman–Crippen LogP) is 1.89. The van der Waals surface area contributed by atoms with Crippen molar-refractivity contribution < 1.29 is 0 Å². The standard InChI is InChI=1S/C17H31N3/c1-2-17(5-9-19-10-6-17)20-13-14(1)15-11-16(12-15)3-7-18-8-4-16/h14-15,18-20H,1-13H2. The molecule has 0 amide bonds. The Bertz CT molecular complexity index is 324. The second kappa shape index (κ2) is 5.26. The first-order valence-electron chi connectivity index (χ1n) is 8.96. The summed E-state index contributed by atoms with van der Waals surface area (Å²) in [5.74, 6) is 2.02. The summed E-state index contributed by atoms with van der Waals surface area (Å²) in [6.45, 7) is 6.28. The van der Waals surface area contributed by atoms with Crippen LogP contribution >= 0.6 is 0 Å². The molecule has 3 N–H and O–H groups in total. The molecule has 0 radical (unpaired) electrons. The van der Waals surface area contributed by atoms with Gasteiger partial charge in [-0.2, -0.15) is 0 Å². The van der Waals surface area contributed by atoms with Gasteiger partial charge in [0.1, 0.15) is 0 Å². The molecule has 3 heteroatoms. The second-order valence-corrected chi connectivity index (χ2v) is 8.13. The topological polar surface area (TPSA) is 36.1 Å². The third-order valence-electron chi connectivity index (χ3n) is 7.01. The van der Waals surface area contributed by atoms with Crippen molar-refractivity contribution in [3.8, 4) is 0 Å². The molecule has 4 aliphatic rings. The molecule has 2 spiro atoms. The van der Waals surface area contributed by atoms with E-state index >= 15 is 0 Å². The van der Waals surface area contributed by atoms with Gasteiger partial charge in [-0.05, 0) is 101 Å². The molecule has 3 nitrogen and oxygen atoms in total. The molecule has 1 aliphatic carbocycles. The van der Waals surface area contributed by atoms with Gasteiger partial charge in [0, 0.05) is 5.54 Å². The fraction of sp³-hybridized carbons (Fsp3) is 1.00. The SMILES string of the molecule is C1CC2(CCN1)CC(C1CCC3(CCNCC3)NC1)C2. The van der Waals surface area contributed by atoms with Gasteiger partial charge in [0.05, 0.1) is 0 Å². The Kier molecular flexibility index (Phi) is 3.56. The second-order valence-electron chi connectivity index (χ2n) is 8.13. The molecule has 3 heterocycles. The molecular formula is C17H31N3. The zero-order valence-corrected chi connectivity index (χ0v) is 12.8. The number of nitrogens with one attached hydrogen (secondary N) is 3. The molecule has 0 aromatic heterocycles. The van der Waals surface area contributed by atoms with E-state index in [9.17, 15) is 0 Å². The normalized spacial score (nSPS) is 36.9. The van der Waals surface area contributed by atoms with Gasteiger partial charge in [0.25, 0.3) is 0 Å². The Morgan fingerprint density at radius 3 is 1.95 bits per heavy atom. The highest BCUT2D eigenvalue weighted by Gasteiger charge is 2.48. The highest BCUT2D eigenvalue weighted by Crippen LogP contribution is 2.55. The number of hydrogen-bond donors (Lipinski definition) is 3. The first-order valence-corrected chi connectivity index (χ1v) is 8.96. The van der Waals surface area contributed by atoms with Crippen LogP contribution in [-0.4, -0.2) is 38.3 Å². The predicted molar refractivity (Wildman–Crippen MR) is 82.8 cm³/mol. The summed E-state index contributed by atoms with van der Waals surface area (Å²) < 4.78 is 0. The summed E-state index contributed by atoms with van der Waals surface area (Å²) in [5.41, 5.74) is 1.28. The van der Waals surface area contributed by atoms with Crippen molar-refractivity contribution in [1.29, 1.82) is 0 Å². The van der Waals surface area contributed by atoms with E-state index in [2.05, 4.69) is 16.0 Å². The first-order chi connectivity index (χ1) is 9.79. The van der Waals surface area contributed by atoms with E-state index in [-0.39, 0.29) is 0 Å². The van der Waals surface area contributed by atoms with Crippen molar-refractivity contribution in [2.45, 2.75) is 56.9 Å². The highest BCUT2D eigenvalue weighted by molar-refractivity contribution is 5.02. The monoisotopic (exact) mass is 277 g/mol. The van der Waals surface area contributed by atoms with E-state index in [1.807, 2.05) is 0 Å². The molecular weight excluding hydrogens is 246 g/mol. The van der Waals surface area contributed by atoms with Crippen LogP contribution in [-0.2, 0) is 0 Å². The van der Waals surface area contributed by atoms with E-state index < -0.39 is 0 Å². The van der Waals surface area contributed by atoms with Crippen LogP contribution in [0.15, 0.2) is 0 Å². The molecule has 1 saturated carbocycles. The summed E-state index contributed by atoms with van der Waals surface area (Å²) >= 11 is 0. The van der Waals surface area contributed by atoms with Gasteiger partial charge in [-0.25, -0.2) is 0 Å². The Labute approximate surface area is 123 Å². The lowest BCUT2D eigenvalue weighted by atomic mass is 9.53. The summed E-state index contributed by atoms with van der Waals surface area (Å²) in [6.07, 6.45) is 11.6. The van der Waals surface area contributed by atoms with Crippen LogP contribution in [0.1, 0.15) is 51.4 Å². The number of rotatable bonds is 1. The van der Waals surface area contributed by atoms with Gasteiger partial charge in [-0.15, -0.1) is 0 Å². The van der Waals surface area contributed by atoms with E-state index in [4.69, 9.17) is 0 Å². The third kappa shape index (κ3) is 2.42. The van der Waals surface area contributed by atoms with Gasteiger partial charge in [-0.1, -0.05) is 0 Å². The van der Waals surface area contributed by atoms with E-state index in [0.717, 1.165) is 17.3 Å². The molecule has 0 bridgehead atoms. The summed E-state index contributed by atoms with van der Waals surface area (Å²) in [7, 11) is 0. The van der Waals surface area contributed by atoms with Crippen LogP contribution in [0.2, 0.25) is 0 Å². The molecule has 3 aliphatic heterocycles. The summed E-state index contributed by atoms with van der Waals surface area (Å²) in [6, 6.07) is 0. The van der Waals surface area contributed by atoms with E-state index in [1.165, 1.54) is 84.1 Å². The number of hydrogen-bond acceptors (Lipinski definition) is 3. The van der Waals surface area contributed by atoms with E-state index in [0.29, 0.717) is 5.54 Å². The van der Waals surface area contributed by atoms with Crippen molar-refractivity contribution in [3.05, 3.63) is 0 Å². The molecule has 3 saturated heterocycles. The van der Waals surface area contributed by atoms with Crippen molar-refractivity contribution in [2.24, 2.45) is 17.3 Å². The average molecular weight is 277 g/mol. The summed E-state index contributed by atoms with van der Waals surface area (Å²) in [4.78, 5) is 0. The lowest BCUT2D eigenvalue weighted by molar-refractivity contribution is -0.0252. The maximum atomic E-state index is 3.97. The Morgan fingerprint density at radius 1 is 0.700 bits per heavy atom. The van der Waals surface area contributed by atoms with Gasteiger partial charge in [0.15, 0.2) is 0 Å². The lowest BCUT2D eigenvalue weighted by Crippen LogP contribution is -2.58. The van der Waals surface area contributed by atoms with Crippen LogP contribution in [0.25, 0.3) is 0 Å². The minimum Gasteiger partial charge on any atom is -0.317 e. The minimum atomic E-state index is 0.512. The van der Waals surface area contributed by atoms with Crippen LogP contribution in [0.4, 0.5) is 0 Å². The fourth-order valence-corrected chi connectivity index (χ4v) is 5.49. The fourth-order valence-electron chi connectivity index (χ4n) is 5.49. The molecule has 4 fully saturated rings. The van der Waals surface area contributed by atoms with Gasteiger partial charge in [-0.3, -0.25) is 0 Å². The minimum absolute atomic E-state index is 0.512. The van der Waals surface area contributed by atoms with Crippen molar-refractivity contribution in [1.82, 2.24) is 16.0 Å². The Balaban J connectivity index is 1.28. The quantitative estimate of drug-likeness (QED) is 0.685. The van der Waals surface area contributed by atoms with Gasteiger partial charge >= 0.3 is 0 Å². The molecule has 0 aromatic rings. The average Bonchev–Trinajstić information content (AvgIpc) is 2.48. The maximum Gasteiger partial charge on any atom is 0.0205 e. The number of piperidine rings is 3. The molecule has 4 rings (SSSR count). The third-order valence-corrected chi connectivity index (χ3v) is 7.01. The van der Waals surface area contributed by atoms with Crippen LogP contribution in [0, 0.1) is 17.3 Å². The molecule has 1 atom stereocenters. The zero-order chi connectivity index (χ0) is 13.5. The van der Waals surface area contributed by atoms with Gasteiger partial charge in [0.2, 0.25) is 0 Å². The molecule has 1 unspecified atom stereocenters. The van der Waals surface area contributed by atoms with E-state index in [1.54, 1.807) is 0 Å².